The monoisotopic (exact) mass is 518 g/mol. The number of benzene rings is 3. The summed E-state index contributed by atoms with van der Waals surface area (Å²) in [6, 6.07) is 30.7. The highest BCUT2D eigenvalue weighted by molar-refractivity contribution is 7.99. The molecule has 0 fully saturated rings. The molecule has 2 N–H and O–H groups in total. The number of nitrogens with one attached hydrogen (secondary N) is 2. The van der Waals surface area contributed by atoms with Crippen molar-refractivity contribution in [3.8, 4) is 0 Å². The van der Waals surface area contributed by atoms with Crippen LogP contribution in [0.5, 0.6) is 0 Å². The van der Waals surface area contributed by atoms with Crippen LogP contribution in [0, 0.1) is 13.8 Å². The van der Waals surface area contributed by atoms with Crippen LogP contribution in [0.4, 0.5) is 17.1 Å². The minimum Gasteiger partial charge on any atom is -0.354 e. The van der Waals surface area contributed by atoms with Crippen LogP contribution in [-0.4, -0.2) is 15.9 Å². The third-order valence-electron chi connectivity index (χ3n) is 6.22. The van der Waals surface area contributed by atoms with Crippen molar-refractivity contribution in [2.24, 2.45) is 0 Å². The van der Waals surface area contributed by atoms with Gasteiger partial charge in [-0.25, -0.2) is 9.97 Å². The largest absolute Gasteiger partial charge is 0.354 e. The molecule has 190 valence electrons. The molecule has 5 nitrogen and oxygen atoms in total. The van der Waals surface area contributed by atoms with Crippen LogP contribution in [0.1, 0.15) is 29.7 Å². The predicted octanol–water partition coefficient (Wildman–Crippen LogP) is 8.10. The van der Waals surface area contributed by atoms with E-state index in [9.17, 15) is 4.79 Å². The van der Waals surface area contributed by atoms with Gasteiger partial charge < -0.3 is 10.6 Å². The maximum Gasteiger partial charge on any atom is 0.224 e. The Morgan fingerprint density at radius 2 is 1.68 bits per heavy atom. The molecule has 0 spiro atoms. The molecule has 0 bridgehead atoms. The minimum atomic E-state index is 0.0422. The molecular formula is C32H30N4OS. The summed E-state index contributed by atoms with van der Waals surface area (Å²) >= 11 is 1.68. The second-order valence-electron chi connectivity index (χ2n) is 9.32. The number of carbonyl (C=O) groups excluding carboxylic acids is 1. The predicted molar refractivity (Wildman–Crippen MR) is 157 cm³/mol. The van der Waals surface area contributed by atoms with Gasteiger partial charge >= 0.3 is 0 Å². The maximum atomic E-state index is 12.4. The SMILES string of the molecule is Cc1ccc(Sc2ccc(NC(=O)CCCc3ccccc3)cc2)c(Nc2ccnc3nc(C)ccc23)c1. The van der Waals surface area contributed by atoms with Crippen molar-refractivity contribution in [3.63, 3.8) is 0 Å². The van der Waals surface area contributed by atoms with Crippen molar-refractivity contribution in [2.75, 3.05) is 10.6 Å². The Labute approximate surface area is 227 Å². The van der Waals surface area contributed by atoms with E-state index in [0.717, 1.165) is 56.4 Å². The Balaban J connectivity index is 1.24. The Morgan fingerprint density at radius 3 is 2.50 bits per heavy atom. The van der Waals surface area contributed by atoms with Crippen molar-refractivity contribution in [3.05, 3.63) is 114 Å². The minimum absolute atomic E-state index is 0.0422. The molecule has 2 heterocycles. The number of carbonyl (C=O) groups is 1. The third-order valence-corrected chi connectivity index (χ3v) is 7.31. The third kappa shape index (κ3) is 6.58. The zero-order valence-corrected chi connectivity index (χ0v) is 22.4. The molecule has 0 aliphatic carbocycles. The van der Waals surface area contributed by atoms with Crippen LogP contribution in [0.25, 0.3) is 11.0 Å². The number of hydrogen-bond acceptors (Lipinski definition) is 5. The van der Waals surface area contributed by atoms with Gasteiger partial charge in [-0.05, 0) is 92.4 Å². The molecule has 0 unspecified atom stereocenters. The summed E-state index contributed by atoms with van der Waals surface area (Å²) in [4.78, 5) is 23.6. The summed E-state index contributed by atoms with van der Waals surface area (Å²) in [6.07, 6.45) is 4.02. The van der Waals surface area contributed by atoms with E-state index in [2.05, 4.69) is 63.9 Å². The zero-order chi connectivity index (χ0) is 26.3. The number of aryl methyl sites for hydroxylation is 3. The molecule has 5 aromatic rings. The number of fused-ring (bicyclic) bond motifs is 1. The van der Waals surface area contributed by atoms with Crippen LogP contribution in [0.15, 0.2) is 107 Å². The van der Waals surface area contributed by atoms with Crippen LogP contribution >= 0.6 is 11.8 Å². The molecule has 6 heteroatoms. The summed E-state index contributed by atoms with van der Waals surface area (Å²) in [5, 5.41) is 7.61. The van der Waals surface area contributed by atoms with Crippen LogP contribution < -0.4 is 10.6 Å². The lowest BCUT2D eigenvalue weighted by molar-refractivity contribution is -0.116. The van der Waals surface area contributed by atoms with Crippen molar-refractivity contribution < 1.29 is 4.79 Å². The molecule has 0 aliphatic heterocycles. The van der Waals surface area contributed by atoms with Gasteiger partial charge in [-0.1, -0.05) is 48.2 Å². The van der Waals surface area contributed by atoms with Gasteiger partial charge in [0.05, 0.1) is 11.4 Å². The number of nitrogens with zero attached hydrogens (tertiary/aromatic N) is 2. The maximum absolute atomic E-state index is 12.4. The van der Waals surface area contributed by atoms with E-state index >= 15 is 0 Å². The fraction of sp³-hybridized carbons (Fsp3) is 0.156. The Hall–Kier alpha value is -4.16. The van der Waals surface area contributed by atoms with Gasteiger partial charge in [0.15, 0.2) is 5.65 Å². The molecule has 2 aromatic heterocycles. The van der Waals surface area contributed by atoms with Gasteiger partial charge in [0, 0.05) is 39.2 Å². The van der Waals surface area contributed by atoms with Crippen LogP contribution in [-0.2, 0) is 11.2 Å². The molecule has 0 saturated carbocycles. The van der Waals surface area contributed by atoms with E-state index in [1.165, 1.54) is 11.1 Å². The summed E-state index contributed by atoms with van der Waals surface area (Å²) in [5.41, 5.74) is 6.92. The molecule has 0 radical (unpaired) electrons. The van der Waals surface area contributed by atoms with Crippen molar-refractivity contribution >= 4 is 45.8 Å². The first-order valence-electron chi connectivity index (χ1n) is 12.8. The summed E-state index contributed by atoms with van der Waals surface area (Å²) in [5.74, 6) is 0.0422. The van der Waals surface area contributed by atoms with Crippen molar-refractivity contribution in [2.45, 2.75) is 42.9 Å². The average Bonchev–Trinajstić information content (AvgIpc) is 2.92. The molecule has 3 aromatic carbocycles. The number of anilines is 3. The Morgan fingerprint density at radius 1 is 0.868 bits per heavy atom. The first-order valence-corrected chi connectivity index (χ1v) is 13.6. The smallest absolute Gasteiger partial charge is 0.224 e. The highest BCUT2D eigenvalue weighted by atomic mass is 32.2. The highest BCUT2D eigenvalue weighted by Crippen LogP contribution is 2.37. The van der Waals surface area contributed by atoms with Crippen LogP contribution in [0.3, 0.4) is 0 Å². The fourth-order valence-electron chi connectivity index (χ4n) is 4.26. The van der Waals surface area contributed by atoms with Gasteiger partial charge in [-0.15, -0.1) is 0 Å². The quantitative estimate of drug-likeness (QED) is 0.206. The molecule has 38 heavy (non-hydrogen) atoms. The Kier molecular flexibility index (Phi) is 8.00. The number of hydrogen-bond donors (Lipinski definition) is 2. The lowest BCUT2D eigenvalue weighted by Crippen LogP contribution is -2.11. The van der Waals surface area contributed by atoms with E-state index in [0.29, 0.717) is 6.42 Å². The second-order valence-corrected chi connectivity index (χ2v) is 10.4. The van der Waals surface area contributed by atoms with E-state index in [4.69, 9.17) is 0 Å². The lowest BCUT2D eigenvalue weighted by Gasteiger charge is -2.15. The highest BCUT2D eigenvalue weighted by Gasteiger charge is 2.10. The molecular weight excluding hydrogens is 488 g/mol. The van der Waals surface area contributed by atoms with Crippen molar-refractivity contribution in [1.29, 1.82) is 0 Å². The van der Waals surface area contributed by atoms with Gasteiger partial charge in [0.2, 0.25) is 5.91 Å². The first kappa shape index (κ1) is 25.5. The average molecular weight is 519 g/mol. The molecule has 5 rings (SSSR count). The first-order chi connectivity index (χ1) is 18.5. The van der Waals surface area contributed by atoms with Crippen LogP contribution in [0.2, 0.25) is 0 Å². The zero-order valence-electron chi connectivity index (χ0n) is 21.6. The number of amides is 1. The van der Waals surface area contributed by atoms with E-state index in [1.54, 1.807) is 18.0 Å². The van der Waals surface area contributed by atoms with Gasteiger partial charge in [-0.3, -0.25) is 4.79 Å². The summed E-state index contributed by atoms with van der Waals surface area (Å²) in [7, 11) is 0. The number of pyridine rings is 2. The van der Waals surface area contributed by atoms with E-state index in [-0.39, 0.29) is 5.91 Å². The van der Waals surface area contributed by atoms with E-state index < -0.39 is 0 Å². The topological polar surface area (TPSA) is 66.9 Å². The lowest BCUT2D eigenvalue weighted by atomic mass is 10.1. The molecule has 0 atom stereocenters. The molecule has 0 saturated heterocycles. The molecule has 1 amide bonds. The standard InChI is InChI=1S/C32H30N4OS/c1-22-11-18-30(29(21-22)36-28-19-20-33-32-27(28)17-12-23(2)34-32)38-26-15-13-25(14-16-26)35-31(37)10-6-9-24-7-4-3-5-8-24/h3-5,7-8,11-21H,6,9-10H2,1-2H3,(H,35,37)(H,33,34,36). The fourth-order valence-corrected chi connectivity index (χ4v) is 5.15. The van der Waals surface area contributed by atoms with Gasteiger partial charge in [0.1, 0.15) is 0 Å². The second kappa shape index (κ2) is 11.9. The van der Waals surface area contributed by atoms with Gasteiger partial charge in [-0.2, -0.15) is 0 Å². The summed E-state index contributed by atoms with van der Waals surface area (Å²) in [6.45, 7) is 4.06. The van der Waals surface area contributed by atoms with E-state index in [1.807, 2.05) is 61.5 Å². The number of aromatic nitrogens is 2. The van der Waals surface area contributed by atoms with Gasteiger partial charge in [0.25, 0.3) is 0 Å². The normalized spacial score (nSPS) is 10.9. The Bertz CT molecular complexity index is 1550. The number of rotatable bonds is 9. The summed E-state index contributed by atoms with van der Waals surface area (Å²) < 4.78 is 0. The molecule has 0 aliphatic rings. The van der Waals surface area contributed by atoms with Crippen molar-refractivity contribution in [1.82, 2.24) is 9.97 Å².